The zero-order valence-corrected chi connectivity index (χ0v) is 11.3. The van der Waals surface area contributed by atoms with Gasteiger partial charge in [0.1, 0.15) is 0 Å². The smallest absolute Gasteiger partial charge is 0.223 e. The van der Waals surface area contributed by atoms with Crippen molar-refractivity contribution >= 4 is 5.91 Å². The van der Waals surface area contributed by atoms with E-state index < -0.39 is 0 Å². The molecule has 0 aliphatic carbocycles. The number of carbonyl (C=O) groups is 1. The molecule has 0 saturated carbocycles. The van der Waals surface area contributed by atoms with Crippen LogP contribution in [-0.4, -0.2) is 42.7 Å². The van der Waals surface area contributed by atoms with Crippen LogP contribution in [0.4, 0.5) is 0 Å². The van der Waals surface area contributed by atoms with Gasteiger partial charge in [-0.3, -0.25) is 4.79 Å². The minimum absolute atomic E-state index is 0.0669. The molecule has 0 bridgehead atoms. The minimum atomic E-state index is 0.0669. The number of nitrogens with zero attached hydrogens (tertiary/aromatic N) is 1. The summed E-state index contributed by atoms with van der Waals surface area (Å²) < 4.78 is 5.01. The number of methoxy groups -OCH3 is 1. The van der Waals surface area contributed by atoms with Crippen LogP contribution in [0.25, 0.3) is 0 Å². The molecule has 1 N–H and O–H groups in total. The Morgan fingerprint density at radius 2 is 2.21 bits per heavy atom. The van der Waals surface area contributed by atoms with Gasteiger partial charge in [-0.2, -0.15) is 0 Å². The van der Waals surface area contributed by atoms with Crippen LogP contribution >= 0.6 is 0 Å². The maximum absolute atomic E-state index is 11.8. The standard InChI is InChI=1S/C15H21NO3/c1-19-6-5-16-10-14(9-15(16)18)8-12-3-2-4-13(7-12)11-17/h2-4,7,14,17H,5-6,8-11H2,1H3/t14-/m1/s1. The molecule has 1 aliphatic rings. The summed E-state index contributed by atoms with van der Waals surface area (Å²) >= 11 is 0. The monoisotopic (exact) mass is 263 g/mol. The Hall–Kier alpha value is -1.39. The van der Waals surface area contributed by atoms with E-state index in [1.165, 1.54) is 5.56 Å². The minimum Gasteiger partial charge on any atom is -0.392 e. The highest BCUT2D eigenvalue weighted by Crippen LogP contribution is 2.22. The van der Waals surface area contributed by atoms with Crippen molar-refractivity contribution in [3.05, 3.63) is 35.4 Å². The number of aliphatic hydroxyl groups is 1. The largest absolute Gasteiger partial charge is 0.392 e. The molecule has 1 fully saturated rings. The molecule has 1 aromatic rings. The number of hydrogen-bond donors (Lipinski definition) is 1. The fourth-order valence-electron chi connectivity index (χ4n) is 2.60. The lowest BCUT2D eigenvalue weighted by atomic mass is 9.97. The predicted molar refractivity (Wildman–Crippen MR) is 72.6 cm³/mol. The van der Waals surface area contributed by atoms with Gasteiger partial charge in [0.15, 0.2) is 0 Å². The van der Waals surface area contributed by atoms with E-state index in [0.717, 1.165) is 18.5 Å². The number of benzene rings is 1. The van der Waals surface area contributed by atoms with Crippen LogP contribution < -0.4 is 0 Å². The molecular formula is C15H21NO3. The predicted octanol–water partition coefficient (Wildman–Crippen LogP) is 1.22. The van der Waals surface area contributed by atoms with Crippen molar-refractivity contribution in [1.29, 1.82) is 0 Å². The lowest BCUT2D eigenvalue weighted by Crippen LogP contribution is -2.28. The molecule has 19 heavy (non-hydrogen) atoms. The Balaban J connectivity index is 1.91. The summed E-state index contributed by atoms with van der Waals surface area (Å²) in [4.78, 5) is 13.7. The number of carbonyl (C=O) groups excluding carboxylic acids is 1. The zero-order chi connectivity index (χ0) is 13.7. The second kappa shape index (κ2) is 6.68. The first-order valence-corrected chi connectivity index (χ1v) is 6.68. The molecule has 1 amide bonds. The van der Waals surface area contributed by atoms with E-state index in [0.29, 0.717) is 25.5 Å². The first-order valence-electron chi connectivity index (χ1n) is 6.68. The number of ether oxygens (including phenoxy) is 1. The molecule has 4 nitrogen and oxygen atoms in total. The third kappa shape index (κ3) is 3.78. The van der Waals surface area contributed by atoms with Gasteiger partial charge >= 0.3 is 0 Å². The molecule has 4 heteroatoms. The third-order valence-corrected chi connectivity index (χ3v) is 3.56. The van der Waals surface area contributed by atoms with Crippen molar-refractivity contribution in [2.45, 2.75) is 19.4 Å². The van der Waals surface area contributed by atoms with Crippen molar-refractivity contribution in [2.75, 3.05) is 26.8 Å². The summed E-state index contributed by atoms with van der Waals surface area (Å²) in [5.41, 5.74) is 2.12. The van der Waals surface area contributed by atoms with Gasteiger partial charge in [-0.25, -0.2) is 0 Å². The van der Waals surface area contributed by atoms with Crippen LogP contribution in [0.2, 0.25) is 0 Å². The van der Waals surface area contributed by atoms with Crippen LogP contribution in [0.5, 0.6) is 0 Å². The van der Waals surface area contributed by atoms with Gasteiger partial charge < -0.3 is 14.7 Å². The van der Waals surface area contributed by atoms with E-state index >= 15 is 0 Å². The van der Waals surface area contributed by atoms with Crippen LogP contribution in [0, 0.1) is 5.92 Å². The fourth-order valence-corrected chi connectivity index (χ4v) is 2.60. The summed E-state index contributed by atoms with van der Waals surface area (Å²) in [7, 11) is 1.65. The van der Waals surface area contributed by atoms with E-state index in [-0.39, 0.29) is 12.5 Å². The van der Waals surface area contributed by atoms with Crippen molar-refractivity contribution in [2.24, 2.45) is 5.92 Å². The van der Waals surface area contributed by atoms with Gasteiger partial charge in [0.05, 0.1) is 13.2 Å². The zero-order valence-electron chi connectivity index (χ0n) is 11.3. The van der Waals surface area contributed by atoms with Crippen molar-refractivity contribution in [3.8, 4) is 0 Å². The van der Waals surface area contributed by atoms with Gasteiger partial charge in [0, 0.05) is 26.6 Å². The SMILES string of the molecule is COCCN1C[C@H](Cc2cccc(CO)c2)CC1=O. The maximum Gasteiger partial charge on any atom is 0.223 e. The first kappa shape index (κ1) is 14.0. The highest BCUT2D eigenvalue weighted by Gasteiger charge is 2.29. The molecular weight excluding hydrogens is 242 g/mol. The Morgan fingerprint density at radius 3 is 2.95 bits per heavy atom. The normalized spacial score (nSPS) is 19.2. The Labute approximate surface area is 114 Å². The average Bonchev–Trinajstić information content (AvgIpc) is 2.76. The second-order valence-corrected chi connectivity index (χ2v) is 5.08. The Morgan fingerprint density at radius 1 is 1.42 bits per heavy atom. The lowest BCUT2D eigenvalue weighted by Gasteiger charge is -2.16. The fraction of sp³-hybridized carbons (Fsp3) is 0.533. The lowest BCUT2D eigenvalue weighted by molar-refractivity contribution is -0.128. The third-order valence-electron chi connectivity index (χ3n) is 3.56. The summed E-state index contributed by atoms with van der Waals surface area (Å²) in [6, 6.07) is 7.94. The Bertz CT molecular complexity index is 433. The number of likely N-dealkylation sites (tertiary alicyclic amines) is 1. The van der Waals surface area contributed by atoms with E-state index in [1.807, 2.05) is 23.1 Å². The average molecular weight is 263 g/mol. The van der Waals surface area contributed by atoms with Gasteiger partial charge in [-0.15, -0.1) is 0 Å². The number of aliphatic hydroxyl groups excluding tert-OH is 1. The highest BCUT2D eigenvalue weighted by atomic mass is 16.5. The van der Waals surface area contributed by atoms with Crippen LogP contribution in [0.1, 0.15) is 17.5 Å². The first-order chi connectivity index (χ1) is 9.22. The number of amides is 1. The molecule has 1 aromatic carbocycles. The molecule has 1 saturated heterocycles. The number of rotatable bonds is 6. The summed E-state index contributed by atoms with van der Waals surface area (Å²) in [5, 5.41) is 9.13. The summed E-state index contributed by atoms with van der Waals surface area (Å²) in [6.07, 6.45) is 1.51. The molecule has 0 radical (unpaired) electrons. The van der Waals surface area contributed by atoms with Gasteiger partial charge in [-0.1, -0.05) is 24.3 Å². The van der Waals surface area contributed by atoms with Crippen LogP contribution in [0.3, 0.4) is 0 Å². The highest BCUT2D eigenvalue weighted by molar-refractivity contribution is 5.78. The van der Waals surface area contributed by atoms with Crippen molar-refractivity contribution in [1.82, 2.24) is 4.90 Å². The quantitative estimate of drug-likeness (QED) is 0.839. The molecule has 1 aliphatic heterocycles. The van der Waals surface area contributed by atoms with E-state index in [1.54, 1.807) is 7.11 Å². The van der Waals surface area contributed by atoms with Gasteiger partial charge in [-0.05, 0) is 23.5 Å². The van der Waals surface area contributed by atoms with E-state index in [2.05, 4.69) is 6.07 Å². The second-order valence-electron chi connectivity index (χ2n) is 5.08. The van der Waals surface area contributed by atoms with Crippen molar-refractivity contribution in [3.63, 3.8) is 0 Å². The van der Waals surface area contributed by atoms with E-state index in [9.17, 15) is 4.79 Å². The molecule has 1 heterocycles. The number of hydrogen-bond acceptors (Lipinski definition) is 3. The topological polar surface area (TPSA) is 49.8 Å². The molecule has 2 rings (SSSR count). The van der Waals surface area contributed by atoms with Crippen LogP contribution in [0.15, 0.2) is 24.3 Å². The molecule has 0 unspecified atom stereocenters. The molecule has 1 atom stereocenters. The van der Waals surface area contributed by atoms with Gasteiger partial charge in [0.25, 0.3) is 0 Å². The van der Waals surface area contributed by atoms with Crippen LogP contribution in [-0.2, 0) is 22.6 Å². The van der Waals surface area contributed by atoms with Gasteiger partial charge in [0.2, 0.25) is 5.91 Å². The Kier molecular flexibility index (Phi) is 4.93. The van der Waals surface area contributed by atoms with Crippen molar-refractivity contribution < 1.29 is 14.6 Å². The molecule has 0 aromatic heterocycles. The summed E-state index contributed by atoms with van der Waals surface area (Å²) in [6.45, 7) is 2.16. The van der Waals surface area contributed by atoms with E-state index in [4.69, 9.17) is 9.84 Å². The summed E-state index contributed by atoms with van der Waals surface area (Å²) in [5.74, 6) is 0.596. The maximum atomic E-state index is 11.8. The molecule has 0 spiro atoms. The molecule has 104 valence electrons.